The third-order valence-corrected chi connectivity index (χ3v) is 5.70. The fourth-order valence-electron chi connectivity index (χ4n) is 1.66. The topological polar surface area (TPSA) is 21.7 Å². The van der Waals surface area contributed by atoms with E-state index in [4.69, 9.17) is 8.85 Å². The molecule has 3 nitrogen and oxygen atoms in total. The molecule has 90 valence electrons. The summed E-state index contributed by atoms with van der Waals surface area (Å²) in [6.45, 7) is 7.44. The third-order valence-electron chi connectivity index (χ3n) is 2.58. The normalized spacial score (nSPS) is 11.5. The first-order valence-electron chi connectivity index (χ1n) is 5.70. The number of benzene rings is 1. The average molecular weight is 239 g/mol. The van der Waals surface area contributed by atoms with Gasteiger partial charge in [-0.3, -0.25) is 0 Å². The van der Waals surface area contributed by atoms with Crippen LogP contribution >= 0.6 is 0 Å². The largest absolute Gasteiger partial charge is 0.456 e. The van der Waals surface area contributed by atoms with Crippen LogP contribution < -0.4 is 4.57 Å². The molecule has 0 heterocycles. The van der Waals surface area contributed by atoms with Crippen LogP contribution in [-0.4, -0.2) is 29.0 Å². The summed E-state index contributed by atoms with van der Waals surface area (Å²) >= 11 is 0. The second kappa shape index (κ2) is 6.03. The van der Waals surface area contributed by atoms with Gasteiger partial charge in [-0.15, -0.1) is 0 Å². The molecule has 0 atom stereocenters. The first kappa shape index (κ1) is 13.2. The predicted octanol–water partition coefficient (Wildman–Crippen LogP) is 2.76. The van der Waals surface area contributed by atoms with Crippen LogP contribution in [0.4, 0.5) is 5.69 Å². The highest BCUT2D eigenvalue weighted by molar-refractivity contribution is 6.70. The molecule has 0 aliphatic carbocycles. The second-order valence-electron chi connectivity index (χ2n) is 3.66. The van der Waals surface area contributed by atoms with Crippen LogP contribution in [0.5, 0.6) is 0 Å². The van der Waals surface area contributed by atoms with E-state index in [1.807, 2.05) is 39.1 Å². The summed E-state index contributed by atoms with van der Waals surface area (Å²) in [6, 6.07) is 10.2. The van der Waals surface area contributed by atoms with Crippen molar-refractivity contribution < 1.29 is 8.85 Å². The van der Waals surface area contributed by atoms with Crippen molar-refractivity contribution in [3.05, 3.63) is 30.3 Å². The maximum absolute atomic E-state index is 5.83. The summed E-state index contributed by atoms with van der Waals surface area (Å²) in [6.07, 6.45) is 0. The van der Waals surface area contributed by atoms with Gasteiger partial charge in [0.25, 0.3) is 0 Å². The summed E-state index contributed by atoms with van der Waals surface area (Å²) < 4.78 is 13.8. The molecule has 0 spiro atoms. The molecule has 1 aromatic rings. The van der Waals surface area contributed by atoms with E-state index in [1.165, 1.54) is 0 Å². The Morgan fingerprint density at radius 3 is 2.00 bits per heavy atom. The van der Waals surface area contributed by atoms with Crippen LogP contribution in [0.25, 0.3) is 0 Å². The minimum Gasteiger partial charge on any atom is -0.379 e. The van der Waals surface area contributed by atoms with E-state index in [2.05, 4.69) is 23.2 Å². The highest BCUT2D eigenvalue weighted by Gasteiger charge is 2.37. The lowest BCUT2D eigenvalue weighted by Crippen LogP contribution is -2.55. The fraction of sp³-hybridized carbons (Fsp3) is 0.500. The molecular weight excluding hydrogens is 218 g/mol. The van der Waals surface area contributed by atoms with Crippen LogP contribution in [0, 0.1) is 0 Å². The maximum Gasteiger partial charge on any atom is 0.456 e. The Morgan fingerprint density at radius 2 is 1.56 bits per heavy atom. The monoisotopic (exact) mass is 239 g/mol. The number of para-hydroxylation sites is 1. The molecule has 16 heavy (non-hydrogen) atoms. The average Bonchev–Trinajstić information content (AvgIpc) is 2.30. The highest BCUT2D eigenvalue weighted by Crippen LogP contribution is 2.20. The minimum atomic E-state index is -2.26. The number of hydrogen-bond acceptors (Lipinski definition) is 3. The summed E-state index contributed by atoms with van der Waals surface area (Å²) in [5, 5.41) is 0. The summed E-state index contributed by atoms with van der Waals surface area (Å²) in [5.41, 5.74) is 1.14. The molecule has 0 saturated heterocycles. The van der Waals surface area contributed by atoms with Gasteiger partial charge in [0.1, 0.15) is 0 Å². The van der Waals surface area contributed by atoms with Crippen LogP contribution in [0.1, 0.15) is 13.8 Å². The number of nitrogens with zero attached hydrogens (tertiary/aromatic N) is 1. The van der Waals surface area contributed by atoms with Crippen molar-refractivity contribution in [2.24, 2.45) is 0 Å². The van der Waals surface area contributed by atoms with Crippen LogP contribution in [0.15, 0.2) is 30.3 Å². The molecule has 4 heteroatoms. The molecule has 1 aromatic carbocycles. The summed E-state index contributed by atoms with van der Waals surface area (Å²) in [4.78, 5) is 0. The lowest BCUT2D eigenvalue weighted by atomic mass is 10.3. The molecule has 0 aliphatic heterocycles. The highest BCUT2D eigenvalue weighted by atomic mass is 28.4. The number of hydrogen-bond donors (Lipinski definition) is 0. The first-order chi connectivity index (χ1) is 7.64. The van der Waals surface area contributed by atoms with Crippen LogP contribution in [-0.2, 0) is 8.85 Å². The van der Waals surface area contributed by atoms with Crippen LogP contribution in [0.3, 0.4) is 0 Å². The molecule has 0 bridgehead atoms. The van der Waals surface area contributed by atoms with Gasteiger partial charge in [-0.1, -0.05) is 18.2 Å². The Morgan fingerprint density at radius 1 is 1.06 bits per heavy atom. The van der Waals surface area contributed by atoms with Crippen molar-refractivity contribution >= 4 is 14.4 Å². The molecule has 0 saturated carbocycles. The molecule has 0 aliphatic rings. The zero-order chi connectivity index (χ0) is 12.0. The minimum absolute atomic E-state index is 0.680. The lowest BCUT2D eigenvalue weighted by Gasteiger charge is -2.35. The van der Waals surface area contributed by atoms with Gasteiger partial charge in [0, 0.05) is 25.9 Å². The fourth-order valence-corrected chi connectivity index (χ4v) is 3.82. The lowest BCUT2D eigenvalue weighted by molar-refractivity contribution is 0.188. The zero-order valence-electron chi connectivity index (χ0n) is 10.6. The van der Waals surface area contributed by atoms with Crippen molar-refractivity contribution in [3.63, 3.8) is 0 Å². The Bertz CT molecular complexity index is 299. The zero-order valence-corrected chi connectivity index (χ0v) is 11.6. The van der Waals surface area contributed by atoms with E-state index in [0.717, 1.165) is 5.69 Å². The molecule has 0 fully saturated rings. The first-order valence-corrected chi connectivity index (χ1v) is 7.97. The van der Waals surface area contributed by atoms with Crippen molar-refractivity contribution in [2.75, 3.05) is 24.8 Å². The van der Waals surface area contributed by atoms with Gasteiger partial charge in [-0.25, -0.2) is 0 Å². The van der Waals surface area contributed by atoms with E-state index in [-0.39, 0.29) is 0 Å². The van der Waals surface area contributed by atoms with Gasteiger partial charge in [-0.05, 0) is 32.5 Å². The molecule has 0 amide bonds. The van der Waals surface area contributed by atoms with E-state index < -0.39 is 8.72 Å². The van der Waals surface area contributed by atoms with Gasteiger partial charge < -0.3 is 13.4 Å². The van der Waals surface area contributed by atoms with Gasteiger partial charge in [0.2, 0.25) is 0 Å². The van der Waals surface area contributed by atoms with E-state index >= 15 is 0 Å². The van der Waals surface area contributed by atoms with Gasteiger partial charge in [-0.2, -0.15) is 0 Å². The summed E-state index contributed by atoms with van der Waals surface area (Å²) in [5.74, 6) is 0. The SMILES string of the molecule is CCO[Si](C)(OCC)N(C)c1ccccc1. The van der Waals surface area contributed by atoms with E-state index in [0.29, 0.717) is 13.2 Å². The Labute approximate surface area is 99.3 Å². The molecular formula is C12H21NO2Si. The second-order valence-corrected chi connectivity index (χ2v) is 6.70. The Hall–Kier alpha value is -0.843. The van der Waals surface area contributed by atoms with E-state index in [1.54, 1.807) is 0 Å². The maximum atomic E-state index is 5.83. The quantitative estimate of drug-likeness (QED) is 0.713. The van der Waals surface area contributed by atoms with Crippen molar-refractivity contribution in [1.82, 2.24) is 0 Å². The van der Waals surface area contributed by atoms with Crippen LogP contribution in [0.2, 0.25) is 6.55 Å². The molecule has 0 unspecified atom stereocenters. The molecule has 0 N–H and O–H groups in total. The molecule has 0 radical (unpaired) electrons. The predicted molar refractivity (Wildman–Crippen MR) is 69.7 cm³/mol. The van der Waals surface area contributed by atoms with Crippen molar-refractivity contribution in [3.8, 4) is 0 Å². The third kappa shape index (κ3) is 3.07. The summed E-state index contributed by atoms with van der Waals surface area (Å²) in [7, 11) is -0.226. The van der Waals surface area contributed by atoms with Crippen molar-refractivity contribution in [2.45, 2.75) is 20.4 Å². The molecule has 0 aromatic heterocycles. The standard InChI is InChI=1S/C12H21NO2Si/c1-5-14-16(4,15-6-2)13(3)12-10-8-7-9-11-12/h7-11H,5-6H2,1-4H3. The Kier molecular flexibility index (Phi) is 4.98. The van der Waals surface area contributed by atoms with Gasteiger partial charge in [0.15, 0.2) is 0 Å². The van der Waals surface area contributed by atoms with E-state index in [9.17, 15) is 0 Å². The number of anilines is 1. The smallest absolute Gasteiger partial charge is 0.379 e. The van der Waals surface area contributed by atoms with Crippen molar-refractivity contribution in [1.29, 1.82) is 0 Å². The number of rotatable bonds is 6. The molecule has 1 rings (SSSR count). The van der Waals surface area contributed by atoms with Gasteiger partial charge in [0.05, 0.1) is 0 Å². The Balaban J connectivity index is 2.86. The van der Waals surface area contributed by atoms with Gasteiger partial charge >= 0.3 is 8.72 Å².